The van der Waals surface area contributed by atoms with Crippen LogP contribution in [0.15, 0.2) is 70.3 Å². The molecule has 1 aliphatic heterocycles. The molecule has 0 unspecified atom stereocenters. The number of benzene rings is 2. The van der Waals surface area contributed by atoms with Gasteiger partial charge in [-0.05, 0) is 60.8 Å². The number of piperidine rings is 1. The highest BCUT2D eigenvalue weighted by Gasteiger charge is 2.26. The summed E-state index contributed by atoms with van der Waals surface area (Å²) in [6, 6.07) is 12.8. The van der Waals surface area contributed by atoms with Crippen LogP contribution in [0.3, 0.4) is 0 Å². The first-order valence-electron chi connectivity index (χ1n) is 11.7. The van der Waals surface area contributed by atoms with Gasteiger partial charge in [-0.1, -0.05) is 18.6 Å². The minimum absolute atomic E-state index is 0.120. The third kappa shape index (κ3) is 4.35. The molecule has 7 heteroatoms. The molecular formula is C28H28N2O5. The predicted molar refractivity (Wildman–Crippen MR) is 134 cm³/mol. The van der Waals surface area contributed by atoms with Crippen LogP contribution in [-0.4, -0.2) is 35.8 Å². The lowest BCUT2D eigenvalue weighted by Gasteiger charge is -2.36. The van der Waals surface area contributed by atoms with Gasteiger partial charge < -0.3 is 19.0 Å². The molecule has 0 spiro atoms. The van der Waals surface area contributed by atoms with Crippen molar-refractivity contribution in [2.75, 3.05) is 20.8 Å². The number of aromatic hydroxyl groups is 1. The molecule has 0 amide bonds. The lowest BCUT2D eigenvalue weighted by atomic mass is 9.95. The molecule has 1 saturated heterocycles. The molecule has 0 bridgehead atoms. The lowest BCUT2D eigenvalue weighted by Crippen LogP contribution is -2.33. The van der Waals surface area contributed by atoms with E-state index in [9.17, 15) is 9.90 Å². The summed E-state index contributed by atoms with van der Waals surface area (Å²) >= 11 is 0. The largest absolute Gasteiger partial charge is 0.507 e. The van der Waals surface area contributed by atoms with E-state index in [-0.39, 0.29) is 17.2 Å². The van der Waals surface area contributed by atoms with Crippen molar-refractivity contribution >= 4 is 11.0 Å². The van der Waals surface area contributed by atoms with Crippen molar-refractivity contribution in [2.24, 2.45) is 0 Å². The molecule has 7 nitrogen and oxygen atoms in total. The molecule has 0 aliphatic carbocycles. The summed E-state index contributed by atoms with van der Waals surface area (Å²) in [7, 11) is 3.12. The minimum atomic E-state index is -0.165. The van der Waals surface area contributed by atoms with Gasteiger partial charge in [0.25, 0.3) is 0 Å². The summed E-state index contributed by atoms with van der Waals surface area (Å²) in [6.45, 7) is 1.37. The molecule has 2 aromatic heterocycles. The van der Waals surface area contributed by atoms with E-state index in [0.29, 0.717) is 45.7 Å². The van der Waals surface area contributed by atoms with Crippen LogP contribution >= 0.6 is 0 Å². The molecule has 5 rings (SSSR count). The SMILES string of the molecule is COc1ccc(-c2coc3c(CN4CCCC[C@H]4c4cccnc4)c(O)ccc3c2=O)cc1OC. The number of hydrogen-bond acceptors (Lipinski definition) is 7. The number of phenolic OH excluding ortho intramolecular Hbond substituents is 1. The van der Waals surface area contributed by atoms with Crippen molar-refractivity contribution in [3.05, 3.63) is 82.5 Å². The second-order valence-corrected chi connectivity index (χ2v) is 8.76. The molecule has 4 aromatic rings. The summed E-state index contributed by atoms with van der Waals surface area (Å²) in [4.78, 5) is 20.1. The molecule has 1 N–H and O–H groups in total. The topological polar surface area (TPSA) is 85.0 Å². The van der Waals surface area contributed by atoms with Crippen molar-refractivity contribution in [2.45, 2.75) is 31.8 Å². The van der Waals surface area contributed by atoms with Crippen LogP contribution < -0.4 is 14.9 Å². The smallest absolute Gasteiger partial charge is 0.200 e. The first-order valence-corrected chi connectivity index (χ1v) is 11.7. The third-order valence-electron chi connectivity index (χ3n) is 6.76. The van der Waals surface area contributed by atoms with Gasteiger partial charge >= 0.3 is 0 Å². The Labute approximate surface area is 203 Å². The molecule has 0 radical (unpaired) electrons. The summed E-state index contributed by atoms with van der Waals surface area (Å²) in [5.41, 5.74) is 3.11. The average molecular weight is 473 g/mol. The average Bonchev–Trinajstić information content (AvgIpc) is 2.91. The quantitative estimate of drug-likeness (QED) is 0.407. The van der Waals surface area contributed by atoms with Crippen LogP contribution in [0.25, 0.3) is 22.1 Å². The van der Waals surface area contributed by atoms with Crippen LogP contribution in [0.4, 0.5) is 0 Å². The summed E-state index contributed by atoms with van der Waals surface area (Å²) < 4.78 is 16.7. The second kappa shape index (κ2) is 9.80. The predicted octanol–water partition coefficient (Wildman–Crippen LogP) is 5.31. The van der Waals surface area contributed by atoms with Crippen molar-refractivity contribution < 1.29 is 19.0 Å². The van der Waals surface area contributed by atoms with Gasteiger partial charge in [0.2, 0.25) is 5.43 Å². The Hall–Kier alpha value is -3.84. The normalized spacial score (nSPS) is 16.3. The van der Waals surface area contributed by atoms with E-state index < -0.39 is 0 Å². The van der Waals surface area contributed by atoms with E-state index >= 15 is 0 Å². The van der Waals surface area contributed by atoms with Gasteiger partial charge in [0.05, 0.1) is 30.7 Å². The van der Waals surface area contributed by atoms with Gasteiger partial charge in [0, 0.05) is 25.0 Å². The van der Waals surface area contributed by atoms with Crippen molar-refractivity contribution in [1.29, 1.82) is 0 Å². The van der Waals surface area contributed by atoms with Crippen molar-refractivity contribution in [3.8, 4) is 28.4 Å². The monoisotopic (exact) mass is 472 g/mol. The van der Waals surface area contributed by atoms with E-state index in [1.807, 2.05) is 12.3 Å². The van der Waals surface area contributed by atoms with Crippen LogP contribution in [0.1, 0.15) is 36.4 Å². The van der Waals surface area contributed by atoms with Crippen molar-refractivity contribution in [1.82, 2.24) is 9.88 Å². The molecule has 1 atom stereocenters. The summed E-state index contributed by atoms with van der Waals surface area (Å²) in [5.74, 6) is 1.23. The fourth-order valence-corrected chi connectivity index (χ4v) is 4.94. The van der Waals surface area contributed by atoms with Gasteiger partial charge in [0.1, 0.15) is 17.6 Å². The molecular weight excluding hydrogens is 444 g/mol. The maximum absolute atomic E-state index is 13.5. The van der Waals surface area contributed by atoms with Crippen LogP contribution in [0, 0.1) is 0 Å². The molecule has 1 aliphatic rings. The second-order valence-electron chi connectivity index (χ2n) is 8.76. The number of hydrogen-bond donors (Lipinski definition) is 1. The zero-order chi connectivity index (χ0) is 24.4. The maximum Gasteiger partial charge on any atom is 0.200 e. The maximum atomic E-state index is 13.5. The van der Waals surface area contributed by atoms with Gasteiger partial charge in [-0.15, -0.1) is 0 Å². The number of aromatic nitrogens is 1. The first kappa shape index (κ1) is 22.9. The minimum Gasteiger partial charge on any atom is -0.507 e. The Morgan fingerprint density at radius 3 is 2.74 bits per heavy atom. The highest BCUT2D eigenvalue weighted by molar-refractivity contribution is 5.86. The summed E-state index contributed by atoms with van der Waals surface area (Å²) in [6.07, 6.45) is 8.38. The van der Waals surface area contributed by atoms with E-state index in [1.54, 1.807) is 50.7 Å². The Morgan fingerprint density at radius 2 is 1.97 bits per heavy atom. The summed E-state index contributed by atoms with van der Waals surface area (Å²) in [5, 5.41) is 11.2. The highest BCUT2D eigenvalue weighted by Crippen LogP contribution is 2.36. The van der Waals surface area contributed by atoms with Crippen LogP contribution in [0.5, 0.6) is 17.2 Å². The molecule has 0 saturated carbocycles. The molecule has 35 heavy (non-hydrogen) atoms. The number of methoxy groups -OCH3 is 2. The standard InChI is InChI=1S/C28H28N2O5/c1-33-25-11-8-18(14-26(25)34-2)22-17-35-28-20(27(22)32)9-10-24(31)21(28)16-30-13-4-3-7-23(30)19-6-5-12-29-15-19/h5-6,8-12,14-15,17,23,31H,3-4,7,13,16H2,1-2H3/t23-/m0/s1. The Kier molecular flexibility index (Phi) is 6.42. The van der Waals surface area contributed by atoms with E-state index in [2.05, 4.69) is 16.0 Å². The molecule has 180 valence electrons. The number of rotatable bonds is 6. The Bertz CT molecular complexity index is 1400. The molecule has 1 fully saturated rings. The number of pyridine rings is 1. The number of fused-ring (bicyclic) bond motifs is 1. The number of likely N-dealkylation sites (tertiary alicyclic amines) is 1. The van der Waals surface area contributed by atoms with Gasteiger partial charge in [-0.3, -0.25) is 14.7 Å². The van der Waals surface area contributed by atoms with E-state index in [1.165, 1.54) is 6.26 Å². The lowest BCUT2D eigenvalue weighted by molar-refractivity contribution is 0.139. The van der Waals surface area contributed by atoms with Crippen molar-refractivity contribution in [3.63, 3.8) is 0 Å². The van der Waals surface area contributed by atoms with E-state index in [0.717, 1.165) is 31.4 Å². The highest BCUT2D eigenvalue weighted by atomic mass is 16.5. The Balaban J connectivity index is 1.55. The molecule has 2 aromatic carbocycles. The van der Waals surface area contributed by atoms with Gasteiger partial charge in [-0.2, -0.15) is 0 Å². The Morgan fingerprint density at radius 1 is 1.11 bits per heavy atom. The zero-order valence-corrected chi connectivity index (χ0v) is 19.9. The van der Waals surface area contributed by atoms with E-state index in [4.69, 9.17) is 13.9 Å². The molecule has 3 heterocycles. The first-order chi connectivity index (χ1) is 17.1. The fraction of sp³-hybridized carbons (Fsp3) is 0.286. The van der Waals surface area contributed by atoms with Crippen LogP contribution in [0.2, 0.25) is 0 Å². The zero-order valence-electron chi connectivity index (χ0n) is 19.9. The third-order valence-corrected chi connectivity index (χ3v) is 6.76. The number of phenols is 1. The number of nitrogens with zero attached hydrogens (tertiary/aromatic N) is 2. The fourth-order valence-electron chi connectivity index (χ4n) is 4.94. The van der Waals surface area contributed by atoms with Gasteiger partial charge in [-0.25, -0.2) is 0 Å². The van der Waals surface area contributed by atoms with Crippen LogP contribution in [-0.2, 0) is 6.54 Å². The van der Waals surface area contributed by atoms with Gasteiger partial charge in [0.15, 0.2) is 11.5 Å². The number of ether oxygens (including phenoxy) is 2.